The van der Waals surface area contributed by atoms with Crippen LogP contribution in [0.3, 0.4) is 0 Å². The summed E-state index contributed by atoms with van der Waals surface area (Å²) < 4.78 is 11.8. The maximum absolute atomic E-state index is 13.7. The Bertz CT molecular complexity index is 1140. The van der Waals surface area contributed by atoms with E-state index >= 15 is 0 Å². The standard InChI is InChI=1S/C26H25NO3/c1-17(2)30-26-21-11-12-22(27-13-15-29-16-14-27)19-9-6-10-20(24(19)21)25(28)23(26)18-7-4-3-5-8-18/h3-12,17H,13-16H2,1-2H3. The fourth-order valence-corrected chi connectivity index (χ4v) is 4.45. The van der Waals surface area contributed by atoms with E-state index in [0.717, 1.165) is 59.5 Å². The van der Waals surface area contributed by atoms with Crippen LogP contribution in [0.15, 0.2) is 60.7 Å². The van der Waals surface area contributed by atoms with E-state index in [1.54, 1.807) is 0 Å². The van der Waals surface area contributed by atoms with Gasteiger partial charge in [-0.3, -0.25) is 4.79 Å². The summed E-state index contributed by atoms with van der Waals surface area (Å²) in [5.41, 5.74) is 4.41. The van der Waals surface area contributed by atoms with Gasteiger partial charge in [0.05, 0.1) is 24.9 Å². The maximum Gasteiger partial charge on any atom is 0.198 e. The van der Waals surface area contributed by atoms with Crippen LogP contribution in [-0.2, 0) is 9.47 Å². The van der Waals surface area contributed by atoms with Crippen LogP contribution >= 0.6 is 0 Å². The van der Waals surface area contributed by atoms with Crippen LogP contribution in [0.4, 0.5) is 5.69 Å². The molecule has 0 radical (unpaired) electrons. The molecule has 0 amide bonds. The summed E-state index contributed by atoms with van der Waals surface area (Å²) in [6.07, 6.45) is -0.0363. The molecule has 30 heavy (non-hydrogen) atoms. The average Bonchev–Trinajstić information content (AvgIpc) is 2.78. The first-order valence-electron chi connectivity index (χ1n) is 10.5. The predicted octanol–water partition coefficient (Wildman–Crippen LogP) is 5.17. The zero-order chi connectivity index (χ0) is 20.7. The van der Waals surface area contributed by atoms with E-state index in [0.29, 0.717) is 11.3 Å². The topological polar surface area (TPSA) is 38.8 Å². The van der Waals surface area contributed by atoms with Gasteiger partial charge in [0, 0.05) is 40.7 Å². The van der Waals surface area contributed by atoms with Crippen LogP contribution in [0.2, 0.25) is 0 Å². The van der Waals surface area contributed by atoms with Crippen LogP contribution in [-0.4, -0.2) is 38.2 Å². The van der Waals surface area contributed by atoms with Gasteiger partial charge >= 0.3 is 0 Å². The minimum absolute atomic E-state index is 0.0223. The zero-order valence-electron chi connectivity index (χ0n) is 17.4. The molecule has 0 bridgehead atoms. The van der Waals surface area contributed by atoms with Gasteiger partial charge in [-0.05, 0) is 31.5 Å². The van der Waals surface area contributed by atoms with Crippen LogP contribution in [0, 0.1) is 0 Å². The highest BCUT2D eigenvalue weighted by Gasteiger charge is 2.31. The molecule has 4 nitrogen and oxygen atoms in total. The second kappa shape index (κ2) is 7.62. The SMILES string of the molecule is CC(C)OC1=C(c2ccccc2)C(=O)c2cccc3c(N4CCOCC4)ccc1c23. The number of hydrogen-bond acceptors (Lipinski definition) is 4. The number of ether oxygens (including phenoxy) is 2. The average molecular weight is 399 g/mol. The number of ketones is 1. The lowest BCUT2D eigenvalue weighted by Crippen LogP contribution is -2.36. The molecule has 0 aromatic heterocycles. The molecule has 3 aromatic carbocycles. The Morgan fingerprint density at radius 3 is 2.40 bits per heavy atom. The number of allylic oxidation sites excluding steroid dienone is 1. The van der Waals surface area contributed by atoms with Crippen molar-refractivity contribution in [2.75, 3.05) is 31.2 Å². The fourth-order valence-electron chi connectivity index (χ4n) is 4.45. The van der Waals surface area contributed by atoms with E-state index in [4.69, 9.17) is 9.47 Å². The van der Waals surface area contributed by atoms with Crippen molar-refractivity contribution in [3.05, 3.63) is 77.4 Å². The van der Waals surface area contributed by atoms with E-state index in [1.165, 1.54) is 0 Å². The molecule has 0 unspecified atom stereocenters. The van der Waals surface area contributed by atoms with Gasteiger partial charge in [-0.2, -0.15) is 0 Å². The van der Waals surface area contributed by atoms with Crippen molar-refractivity contribution in [3.63, 3.8) is 0 Å². The third-order valence-corrected chi connectivity index (χ3v) is 5.73. The predicted molar refractivity (Wildman–Crippen MR) is 121 cm³/mol. The van der Waals surface area contributed by atoms with E-state index in [2.05, 4.69) is 23.1 Å². The van der Waals surface area contributed by atoms with Gasteiger partial charge in [-0.15, -0.1) is 0 Å². The number of anilines is 1. The third-order valence-electron chi connectivity index (χ3n) is 5.73. The summed E-state index contributed by atoms with van der Waals surface area (Å²) in [4.78, 5) is 16.1. The van der Waals surface area contributed by atoms with E-state index in [-0.39, 0.29) is 11.9 Å². The van der Waals surface area contributed by atoms with Gasteiger partial charge in [-0.1, -0.05) is 48.5 Å². The number of Topliss-reactive ketones (excluding diaryl/α,β-unsaturated/α-hetero) is 1. The molecular weight excluding hydrogens is 374 g/mol. The molecule has 1 aliphatic carbocycles. The van der Waals surface area contributed by atoms with Gasteiger partial charge in [0.25, 0.3) is 0 Å². The second-order valence-corrected chi connectivity index (χ2v) is 8.03. The quantitative estimate of drug-likeness (QED) is 0.607. The minimum Gasteiger partial charge on any atom is -0.490 e. The van der Waals surface area contributed by atoms with Crippen molar-refractivity contribution >= 4 is 33.6 Å². The normalized spacial score (nSPS) is 16.5. The lowest BCUT2D eigenvalue weighted by molar-refractivity contribution is 0.105. The molecule has 4 heteroatoms. The number of carbonyl (C=O) groups is 1. The zero-order valence-corrected chi connectivity index (χ0v) is 17.4. The highest BCUT2D eigenvalue weighted by molar-refractivity contribution is 6.40. The Kier molecular flexibility index (Phi) is 4.80. The number of benzene rings is 3. The largest absolute Gasteiger partial charge is 0.490 e. The number of morpholine rings is 1. The van der Waals surface area contributed by atoms with Gasteiger partial charge in [0.2, 0.25) is 0 Å². The van der Waals surface area contributed by atoms with E-state index in [1.807, 2.05) is 56.3 Å². The van der Waals surface area contributed by atoms with Gasteiger partial charge in [0.15, 0.2) is 5.78 Å². The molecule has 3 aromatic rings. The molecule has 0 saturated carbocycles. The first-order chi connectivity index (χ1) is 14.6. The first kappa shape index (κ1) is 18.9. The van der Waals surface area contributed by atoms with Crippen molar-refractivity contribution in [3.8, 4) is 0 Å². The third kappa shape index (κ3) is 3.08. The Morgan fingerprint density at radius 2 is 1.67 bits per heavy atom. The Labute approximate surface area is 176 Å². The summed E-state index contributed by atoms with van der Waals surface area (Å²) in [5, 5.41) is 2.08. The number of nitrogens with zero attached hydrogens (tertiary/aromatic N) is 1. The van der Waals surface area contributed by atoms with Gasteiger partial charge in [-0.25, -0.2) is 0 Å². The molecule has 1 aliphatic heterocycles. The summed E-state index contributed by atoms with van der Waals surface area (Å²) >= 11 is 0. The van der Waals surface area contributed by atoms with Crippen molar-refractivity contribution in [2.24, 2.45) is 0 Å². The summed E-state index contributed by atoms with van der Waals surface area (Å²) in [5.74, 6) is 0.701. The molecule has 0 spiro atoms. The second-order valence-electron chi connectivity index (χ2n) is 8.03. The summed E-state index contributed by atoms with van der Waals surface area (Å²) in [7, 11) is 0. The molecule has 1 heterocycles. The van der Waals surface area contributed by atoms with Crippen LogP contribution < -0.4 is 4.90 Å². The monoisotopic (exact) mass is 399 g/mol. The number of rotatable bonds is 4. The van der Waals surface area contributed by atoms with Crippen molar-refractivity contribution in [1.29, 1.82) is 0 Å². The molecule has 2 aliphatic rings. The maximum atomic E-state index is 13.7. The lowest BCUT2D eigenvalue weighted by Gasteiger charge is -2.32. The summed E-state index contributed by atoms with van der Waals surface area (Å²) in [6.45, 7) is 7.16. The van der Waals surface area contributed by atoms with Gasteiger partial charge < -0.3 is 14.4 Å². The molecule has 1 fully saturated rings. The van der Waals surface area contributed by atoms with Crippen molar-refractivity contribution < 1.29 is 14.3 Å². The fraction of sp³-hybridized carbons (Fsp3) is 0.269. The molecule has 0 atom stereocenters. The Balaban J connectivity index is 1.78. The molecular formula is C26H25NO3. The summed E-state index contributed by atoms with van der Waals surface area (Å²) in [6, 6.07) is 20.1. The molecule has 0 N–H and O–H groups in total. The minimum atomic E-state index is -0.0363. The highest BCUT2D eigenvalue weighted by atomic mass is 16.5. The first-order valence-corrected chi connectivity index (χ1v) is 10.5. The van der Waals surface area contributed by atoms with E-state index in [9.17, 15) is 4.79 Å². The highest BCUT2D eigenvalue weighted by Crippen LogP contribution is 2.44. The molecule has 5 rings (SSSR count). The number of hydrogen-bond donors (Lipinski definition) is 0. The van der Waals surface area contributed by atoms with Gasteiger partial charge in [0.1, 0.15) is 5.76 Å². The molecule has 152 valence electrons. The van der Waals surface area contributed by atoms with E-state index < -0.39 is 0 Å². The smallest absolute Gasteiger partial charge is 0.198 e. The number of carbonyl (C=O) groups excluding carboxylic acids is 1. The van der Waals surface area contributed by atoms with Crippen molar-refractivity contribution in [1.82, 2.24) is 0 Å². The van der Waals surface area contributed by atoms with Crippen LogP contribution in [0.1, 0.15) is 35.3 Å². The van der Waals surface area contributed by atoms with Crippen molar-refractivity contribution in [2.45, 2.75) is 20.0 Å². The van der Waals surface area contributed by atoms with Crippen LogP contribution in [0.5, 0.6) is 0 Å². The lowest BCUT2D eigenvalue weighted by atomic mass is 9.83. The Morgan fingerprint density at radius 1 is 0.900 bits per heavy atom. The Hall–Kier alpha value is -3.11. The molecule has 1 saturated heterocycles. The van der Waals surface area contributed by atoms with Crippen LogP contribution in [0.25, 0.3) is 22.1 Å².